The summed E-state index contributed by atoms with van der Waals surface area (Å²) < 4.78 is 29.4. The first-order valence-electron chi connectivity index (χ1n) is 10.7. The highest BCUT2D eigenvalue weighted by atomic mass is 32.2. The molecule has 0 saturated heterocycles. The number of sulfonamides is 1. The van der Waals surface area contributed by atoms with Crippen LogP contribution in [0.15, 0.2) is 101 Å². The van der Waals surface area contributed by atoms with Crippen molar-refractivity contribution in [3.8, 4) is 11.1 Å². The van der Waals surface area contributed by atoms with E-state index in [4.69, 9.17) is 20.7 Å². The minimum absolute atomic E-state index is 0.0301. The Morgan fingerprint density at radius 2 is 1.71 bits per heavy atom. The van der Waals surface area contributed by atoms with Gasteiger partial charge < -0.3 is 15.5 Å². The Bertz CT molecular complexity index is 1460. The Morgan fingerprint density at radius 3 is 2.37 bits per heavy atom. The van der Waals surface area contributed by atoms with Crippen LogP contribution in [0.25, 0.3) is 11.1 Å². The summed E-state index contributed by atoms with van der Waals surface area (Å²) in [5.41, 5.74) is 8.69. The van der Waals surface area contributed by atoms with Crippen LogP contribution in [0.4, 0.5) is 5.69 Å². The summed E-state index contributed by atoms with van der Waals surface area (Å²) in [5.74, 6) is -0.426. The lowest BCUT2D eigenvalue weighted by Gasteiger charge is -2.16. The molecule has 4 aromatic rings. The quantitative estimate of drug-likeness (QED) is 0.219. The maximum Gasteiger partial charge on any atom is 0.238 e. The van der Waals surface area contributed by atoms with Crippen molar-refractivity contribution in [1.82, 2.24) is 0 Å². The first kappa shape index (κ1) is 23.9. The van der Waals surface area contributed by atoms with E-state index in [0.717, 1.165) is 5.56 Å². The summed E-state index contributed by atoms with van der Waals surface area (Å²) in [6.45, 7) is 0. The molecule has 4 rings (SSSR count). The molecule has 178 valence electrons. The van der Waals surface area contributed by atoms with Crippen molar-refractivity contribution < 1.29 is 17.6 Å². The normalized spacial score (nSPS) is 12.1. The number of carbonyl (C=O) groups excluding carboxylic acids is 1. The second kappa shape index (κ2) is 9.96. The molecule has 3 aromatic carbocycles. The van der Waals surface area contributed by atoms with Crippen molar-refractivity contribution in [2.24, 2.45) is 10.9 Å². The number of primary sulfonamides is 1. The zero-order valence-corrected chi connectivity index (χ0v) is 19.5. The average molecular weight is 489 g/mol. The molecule has 0 spiro atoms. The third kappa shape index (κ3) is 5.65. The van der Waals surface area contributed by atoms with E-state index in [2.05, 4.69) is 5.32 Å². The summed E-state index contributed by atoms with van der Waals surface area (Å²) in [7, 11) is -3.89. The van der Waals surface area contributed by atoms with Crippen molar-refractivity contribution in [3.05, 3.63) is 108 Å². The molecule has 0 aliphatic carbocycles. The van der Waals surface area contributed by atoms with Crippen LogP contribution in [-0.2, 0) is 21.2 Å². The van der Waals surface area contributed by atoms with Gasteiger partial charge >= 0.3 is 0 Å². The van der Waals surface area contributed by atoms with Gasteiger partial charge in [-0.3, -0.25) is 10.2 Å². The number of hydrogen-bond donors (Lipinski definition) is 4. The van der Waals surface area contributed by atoms with E-state index in [0.29, 0.717) is 34.6 Å². The predicted molar refractivity (Wildman–Crippen MR) is 134 cm³/mol. The van der Waals surface area contributed by atoms with E-state index in [1.165, 1.54) is 12.3 Å². The lowest BCUT2D eigenvalue weighted by molar-refractivity contribution is -0.117. The van der Waals surface area contributed by atoms with Crippen LogP contribution in [0.2, 0.25) is 0 Å². The number of nitrogens with one attached hydrogen (secondary N) is 2. The molecule has 1 heterocycles. The van der Waals surface area contributed by atoms with Crippen LogP contribution in [-0.4, -0.2) is 20.2 Å². The Hall–Kier alpha value is -4.21. The minimum atomic E-state index is -3.89. The van der Waals surface area contributed by atoms with E-state index in [1.54, 1.807) is 72.8 Å². The van der Waals surface area contributed by atoms with Gasteiger partial charge in [0.05, 0.1) is 11.2 Å². The van der Waals surface area contributed by atoms with Gasteiger partial charge in [-0.05, 0) is 53.9 Å². The van der Waals surface area contributed by atoms with Crippen molar-refractivity contribution in [3.63, 3.8) is 0 Å². The largest absolute Gasteiger partial charge is 0.469 e. The van der Waals surface area contributed by atoms with Gasteiger partial charge in [-0.15, -0.1) is 0 Å². The highest BCUT2D eigenvalue weighted by Gasteiger charge is 2.24. The molecule has 1 atom stereocenters. The van der Waals surface area contributed by atoms with Crippen LogP contribution in [0.5, 0.6) is 0 Å². The third-order valence-corrected chi connectivity index (χ3v) is 6.51. The molecule has 0 aliphatic heterocycles. The third-order valence-electron chi connectivity index (χ3n) is 5.54. The highest BCUT2D eigenvalue weighted by Crippen LogP contribution is 2.29. The van der Waals surface area contributed by atoms with E-state index in [1.807, 2.05) is 6.07 Å². The number of furan rings is 1. The molecule has 35 heavy (non-hydrogen) atoms. The van der Waals surface area contributed by atoms with Gasteiger partial charge in [0.1, 0.15) is 17.5 Å². The van der Waals surface area contributed by atoms with E-state index >= 15 is 0 Å². The molecule has 1 aromatic heterocycles. The minimum Gasteiger partial charge on any atom is -0.469 e. The summed E-state index contributed by atoms with van der Waals surface area (Å²) in [6, 6.07) is 24.0. The number of benzene rings is 3. The molecular weight excluding hydrogens is 464 g/mol. The molecule has 0 fully saturated rings. The monoisotopic (exact) mass is 488 g/mol. The zero-order chi connectivity index (χ0) is 25.0. The first-order valence-corrected chi connectivity index (χ1v) is 12.3. The number of hydrogen-bond acceptors (Lipinski definition) is 5. The summed E-state index contributed by atoms with van der Waals surface area (Å²) in [5, 5.41) is 15.9. The summed E-state index contributed by atoms with van der Waals surface area (Å²) >= 11 is 0. The van der Waals surface area contributed by atoms with Crippen LogP contribution < -0.4 is 16.2 Å². The molecular formula is C26H24N4O4S. The lowest BCUT2D eigenvalue weighted by Crippen LogP contribution is -2.23. The standard InChI is InChI=1S/C26H24N4O4S/c27-25(28)19-6-3-5-17(15-19)16-22(23-8-4-14-34-23)26(31)30-20-12-10-18(11-13-20)21-7-1-2-9-24(21)35(29,32)33/h1-15,22H,16H2,(H3,27,28)(H,30,31)(H2,29,32,33). The van der Waals surface area contributed by atoms with Crippen LogP contribution in [0.1, 0.15) is 22.8 Å². The number of rotatable bonds is 8. The molecule has 9 heteroatoms. The number of amidine groups is 1. The topological polar surface area (TPSA) is 152 Å². The summed E-state index contributed by atoms with van der Waals surface area (Å²) in [6.07, 6.45) is 1.86. The number of carbonyl (C=O) groups is 1. The Balaban J connectivity index is 1.56. The second-order valence-electron chi connectivity index (χ2n) is 7.99. The fourth-order valence-corrected chi connectivity index (χ4v) is 4.59. The molecule has 0 bridgehead atoms. The lowest BCUT2D eigenvalue weighted by atomic mass is 9.94. The molecule has 1 unspecified atom stereocenters. The number of nitrogen functional groups attached to an aromatic ring is 1. The molecule has 8 nitrogen and oxygen atoms in total. The SMILES string of the molecule is N=C(N)c1cccc(CC(C(=O)Nc2ccc(-c3ccccc3S(N)(=O)=O)cc2)c2ccco2)c1. The fourth-order valence-electron chi connectivity index (χ4n) is 3.83. The van der Waals surface area contributed by atoms with Gasteiger partial charge in [-0.1, -0.05) is 48.5 Å². The van der Waals surface area contributed by atoms with Crippen molar-refractivity contribution >= 4 is 27.5 Å². The van der Waals surface area contributed by atoms with Gasteiger partial charge in [0.25, 0.3) is 0 Å². The smallest absolute Gasteiger partial charge is 0.238 e. The van der Waals surface area contributed by atoms with Gasteiger partial charge in [0.2, 0.25) is 15.9 Å². The fraction of sp³-hybridized carbons (Fsp3) is 0.0769. The highest BCUT2D eigenvalue weighted by molar-refractivity contribution is 7.89. The van der Waals surface area contributed by atoms with Gasteiger partial charge in [0, 0.05) is 16.8 Å². The molecule has 0 aliphatic rings. The van der Waals surface area contributed by atoms with Crippen LogP contribution in [0.3, 0.4) is 0 Å². The van der Waals surface area contributed by atoms with Crippen molar-refractivity contribution in [1.29, 1.82) is 5.41 Å². The van der Waals surface area contributed by atoms with Gasteiger partial charge in [-0.25, -0.2) is 13.6 Å². The molecule has 6 N–H and O–H groups in total. The second-order valence-corrected chi connectivity index (χ2v) is 9.52. The Labute approximate surface area is 203 Å². The number of anilines is 1. The molecule has 0 saturated carbocycles. The van der Waals surface area contributed by atoms with E-state index < -0.39 is 15.9 Å². The Morgan fingerprint density at radius 1 is 0.971 bits per heavy atom. The van der Waals surface area contributed by atoms with E-state index in [-0.39, 0.29) is 16.6 Å². The maximum atomic E-state index is 13.2. The maximum absolute atomic E-state index is 13.2. The predicted octanol–water partition coefficient (Wildman–Crippen LogP) is 3.84. The van der Waals surface area contributed by atoms with Crippen molar-refractivity contribution in [2.45, 2.75) is 17.2 Å². The van der Waals surface area contributed by atoms with Crippen LogP contribution >= 0.6 is 0 Å². The Kier molecular flexibility index (Phi) is 6.81. The molecule has 1 amide bonds. The first-order chi connectivity index (χ1) is 16.7. The number of amides is 1. The average Bonchev–Trinajstić information content (AvgIpc) is 3.37. The number of nitrogens with two attached hydrogens (primary N) is 2. The van der Waals surface area contributed by atoms with Crippen molar-refractivity contribution in [2.75, 3.05) is 5.32 Å². The molecule has 0 radical (unpaired) electrons. The summed E-state index contributed by atoms with van der Waals surface area (Å²) in [4.78, 5) is 13.3. The van der Waals surface area contributed by atoms with Crippen LogP contribution in [0, 0.1) is 5.41 Å². The zero-order valence-electron chi connectivity index (χ0n) is 18.6. The van der Waals surface area contributed by atoms with Gasteiger partial charge in [-0.2, -0.15) is 0 Å². The van der Waals surface area contributed by atoms with Gasteiger partial charge in [0.15, 0.2) is 0 Å². The van der Waals surface area contributed by atoms with E-state index in [9.17, 15) is 13.2 Å².